The fraction of sp³-hybridized carbons (Fsp3) is 0.550. The number of aromatic nitrogens is 1. The molecule has 0 fully saturated rings. The highest BCUT2D eigenvalue weighted by Gasteiger charge is 2.26. The van der Waals surface area contributed by atoms with Gasteiger partial charge in [0.1, 0.15) is 5.03 Å². The van der Waals surface area contributed by atoms with Crippen molar-refractivity contribution in [2.75, 3.05) is 19.3 Å². The molecule has 0 saturated carbocycles. The van der Waals surface area contributed by atoms with Gasteiger partial charge in [-0.3, -0.25) is 0 Å². The van der Waals surface area contributed by atoms with Crippen molar-refractivity contribution >= 4 is 11.8 Å². The van der Waals surface area contributed by atoms with Gasteiger partial charge in [-0.1, -0.05) is 37.2 Å². The number of hydrogen-bond donors (Lipinski definition) is 0. The maximum absolute atomic E-state index is 5.61. The zero-order valence-corrected chi connectivity index (χ0v) is 15.9. The van der Waals surface area contributed by atoms with Crippen LogP contribution in [0, 0.1) is 0 Å². The number of thioether (sulfide) groups is 1. The van der Waals surface area contributed by atoms with Crippen molar-refractivity contribution in [3.63, 3.8) is 0 Å². The van der Waals surface area contributed by atoms with Crippen LogP contribution in [0.25, 0.3) is 11.3 Å². The SMILES string of the molecule is CCCN(CCC)C1CCc2cccc(-c3cc(SC)no3)c2C1. The summed E-state index contributed by atoms with van der Waals surface area (Å²) in [5, 5.41) is 5.10. The highest BCUT2D eigenvalue weighted by atomic mass is 32.2. The third-order valence-electron chi connectivity index (χ3n) is 4.96. The molecule has 1 unspecified atom stereocenters. The Hall–Kier alpha value is -1.26. The molecule has 1 aliphatic carbocycles. The van der Waals surface area contributed by atoms with Gasteiger partial charge in [0, 0.05) is 17.7 Å². The van der Waals surface area contributed by atoms with E-state index in [2.05, 4.69) is 48.2 Å². The van der Waals surface area contributed by atoms with Crippen LogP contribution in [-0.2, 0) is 12.8 Å². The molecule has 0 bridgehead atoms. The van der Waals surface area contributed by atoms with Crippen LogP contribution >= 0.6 is 11.8 Å². The summed E-state index contributed by atoms with van der Waals surface area (Å²) in [7, 11) is 0. The maximum Gasteiger partial charge on any atom is 0.168 e. The Morgan fingerprint density at radius 3 is 2.71 bits per heavy atom. The zero-order chi connectivity index (χ0) is 16.9. The van der Waals surface area contributed by atoms with E-state index in [1.807, 2.05) is 6.26 Å². The summed E-state index contributed by atoms with van der Waals surface area (Å²) in [5.74, 6) is 0.911. The Labute approximate surface area is 149 Å². The van der Waals surface area contributed by atoms with Crippen LogP contribution in [0.1, 0.15) is 44.2 Å². The van der Waals surface area contributed by atoms with Gasteiger partial charge in [0.15, 0.2) is 5.76 Å². The molecule has 0 saturated heterocycles. The zero-order valence-electron chi connectivity index (χ0n) is 15.0. The average molecular weight is 345 g/mol. The van der Waals surface area contributed by atoms with Gasteiger partial charge in [-0.15, -0.1) is 11.8 Å². The Bertz CT molecular complexity index is 661. The van der Waals surface area contributed by atoms with E-state index in [9.17, 15) is 0 Å². The van der Waals surface area contributed by atoms with Crippen LogP contribution in [0.2, 0.25) is 0 Å². The molecule has 3 rings (SSSR count). The summed E-state index contributed by atoms with van der Waals surface area (Å²) < 4.78 is 5.61. The summed E-state index contributed by atoms with van der Waals surface area (Å²) >= 11 is 1.63. The minimum absolute atomic E-state index is 0.654. The van der Waals surface area contributed by atoms with Crippen LogP contribution < -0.4 is 0 Å². The smallest absolute Gasteiger partial charge is 0.168 e. The van der Waals surface area contributed by atoms with E-state index in [-0.39, 0.29) is 0 Å². The van der Waals surface area contributed by atoms with E-state index in [0.29, 0.717) is 6.04 Å². The number of rotatable bonds is 7. The van der Waals surface area contributed by atoms with E-state index >= 15 is 0 Å². The molecular weight excluding hydrogens is 316 g/mol. The van der Waals surface area contributed by atoms with Crippen molar-refractivity contribution < 1.29 is 4.52 Å². The third-order valence-corrected chi connectivity index (χ3v) is 5.57. The normalized spacial score (nSPS) is 17.2. The van der Waals surface area contributed by atoms with Gasteiger partial charge in [-0.05, 0) is 62.6 Å². The second-order valence-electron chi connectivity index (χ2n) is 6.61. The van der Waals surface area contributed by atoms with E-state index in [1.54, 1.807) is 11.8 Å². The van der Waals surface area contributed by atoms with Gasteiger partial charge in [0.25, 0.3) is 0 Å². The van der Waals surface area contributed by atoms with E-state index in [0.717, 1.165) is 17.2 Å². The molecule has 1 heterocycles. The molecule has 130 valence electrons. The molecule has 0 N–H and O–H groups in total. The van der Waals surface area contributed by atoms with Crippen LogP contribution in [0.3, 0.4) is 0 Å². The highest BCUT2D eigenvalue weighted by Crippen LogP contribution is 2.34. The number of hydrogen-bond acceptors (Lipinski definition) is 4. The van der Waals surface area contributed by atoms with E-state index in [1.165, 1.54) is 55.5 Å². The standard InChI is InChI=1S/C20H28N2OS/c1-4-11-22(12-5-2)16-10-9-15-7-6-8-17(18(15)13-16)19-14-20(24-3)21-23-19/h6-8,14,16H,4-5,9-13H2,1-3H3. The first-order valence-corrected chi connectivity index (χ1v) is 10.3. The molecule has 1 aromatic heterocycles. The topological polar surface area (TPSA) is 29.3 Å². The largest absolute Gasteiger partial charge is 0.355 e. The molecule has 1 atom stereocenters. The van der Waals surface area contributed by atoms with Gasteiger partial charge in [-0.25, -0.2) is 0 Å². The molecule has 1 aliphatic rings. The molecular formula is C20H28N2OS. The van der Waals surface area contributed by atoms with Gasteiger partial charge in [-0.2, -0.15) is 0 Å². The molecule has 0 spiro atoms. The molecule has 0 amide bonds. The maximum atomic E-state index is 5.61. The monoisotopic (exact) mass is 344 g/mol. The first kappa shape index (κ1) is 17.6. The van der Waals surface area contributed by atoms with E-state index < -0.39 is 0 Å². The molecule has 1 aromatic carbocycles. The Kier molecular flexibility index (Phi) is 6.01. The van der Waals surface area contributed by atoms with Gasteiger partial charge in [0.2, 0.25) is 0 Å². The number of fused-ring (bicyclic) bond motifs is 1. The van der Waals surface area contributed by atoms with E-state index in [4.69, 9.17) is 4.52 Å². The third kappa shape index (κ3) is 3.70. The minimum Gasteiger partial charge on any atom is -0.355 e. The summed E-state index contributed by atoms with van der Waals surface area (Å²) in [5.41, 5.74) is 4.19. The predicted octanol–water partition coefficient (Wildman–Crippen LogP) is 5.04. The van der Waals surface area contributed by atoms with Crippen molar-refractivity contribution in [2.24, 2.45) is 0 Å². The van der Waals surface area contributed by atoms with Gasteiger partial charge in [0.05, 0.1) is 0 Å². The number of aryl methyl sites for hydroxylation is 1. The van der Waals surface area contributed by atoms with Crippen LogP contribution in [0.15, 0.2) is 33.8 Å². The molecule has 0 radical (unpaired) electrons. The number of nitrogens with zero attached hydrogens (tertiary/aromatic N) is 2. The van der Waals surface area contributed by atoms with Crippen molar-refractivity contribution in [2.45, 2.75) is 57.0 Å². The van der Waals surface area contributed by atoms with Crippen LogP contribution in [0.4, 0.5) is 0 Å². The Morgan fingerprint density at radius 1 is 1.25 bits per heavy atom. The summed E-state index contributed by atoms with van der Waals surface area (Å²) in [6.45, 7) is 6.97. The summed E-state index contributed by atoms with van der Waals surface area (Å²) in [6.07, 6.45) is 8.05. The molecule has 2 aromatic rings. The fourth-order valence-electron chi connectivity index (χ4n) is 3.85. The molecule has 24 heavy (non-hydrogen) atoms. The van der Waals surface area contributed by atoms with Crippen molar-refractivity contribution in [1.82, 2.24) is 10.1 Å². The second-order valence-corrected chi connectivity index (χ2v) is 7.44. The quantitative estimate of drug-likeness (QED) is 0.658. The first-order chi connectivity index (χ1) is 11.8. The van der Waals surface area contributed by atoms with Crippen LogP contribution in [0.5, 0.6) is 0 Å². The molecule has 4 heteroatoms. The first-order valence-electron chi connectivity index (χ1n) is 9.12. The van der Waals surface area contributed by atoms with Crippen molar-refractivity contribution in [1.29, 1.82) is 0 Å². The lowest BCUT2D eigenvalue weighted by atomic mass is 9.84. The summed E-state index contributed by atoms with van der Waals surface area (Å²) in [4.78, 5) is 2.69. The molecule has 3 nitrogen and oxygen atoms in total. The van der Waals surface area contributed by atoms with Gasteiger partial charge < -0.3 is 9.42 Å². The van der Waals surface area contributed by atoms with Crippen molar-refractivity contribution in [3.8, 4) is 11.3 Å². The second kappa shape index (κ2) is 8.21. The fourth-order valence-corrected chi connectivity index (χ4v) is 4.18. The van der Waals surface area contributed by atoms with Crippen LogP contribution in [-0.4, -0.2) is 35.4 Å². The van der Waals surface area contributed by atoms with Gasteiger partial charge >= 0.3 is 0 Å². The highest BCUT2D eigenvalue weighted by molar-refractivity contribution is 7.98. The number of benzene rings is 1. The lowest BCUT2D eigenvalue weighted by Gasteiger charge is -2.35. The average Bonchev–Trinajstić information content (AvgIpc) is 3.09. The Morgan fingerprint density at radius 2 is 2.04 bits per heavy atom. The Balaban J connectivity index is 1.89. The lowest BCUT2D eigenvalue weighted by Crippen LogP contribution is -2.40. The lowest BCUT2D eigenvalue weighted by molar-refractivity contribution is 0.180. The minimum atomic E-state index is 0.654. The molecule has 0 aliphatic heterocycles. The predicted molar refractivity (Wildman–Crippen MR) is 102 cm³/mol. The summed E-state index contributed by atoms with van der Waals surface area (Å²) in [6, 6.07) is 9.35. The van der Waals surface area contributed by atoms with Crippen molar-refractivity contribution in [3.05, 3.63) is 35.4 Å².